The summed E-state index contributed by atoms with van der Waals surface area (Å²) in [5, 5.41) is 12.1. The minimum atomic E-state index is -0.848. The van der Waals surface area contributed by atoms with E-state index in [-0.39, 0.29) is 18.2 Å². The summed E-state index contributed by atoms with van der Waals surface area (Å²) in [6, 6.07) is 13.2. The van der Waals surface area contributed by atoms with Crippen LogP contribution in [0.1, 0.15) is 52.7 Å². The minimum Gasteiger partial charge on any atom is -0.492 e. The van der Waals surface area contributed by atoms with E-state index >= 15 is 4.39 Å². The lowest BCUT2D eigenvalue weighted by molar-refractivity contribution is -0.137. The second kappa shape index (κ2) is 9.30. The van der Waals surface area contributed by atoms with Crippen molar-refractivity contribution in [1.29, 1.82) is 0 Å². The molecule has 2 heterocycles. The molecule has 6 rings (SSSR count). The van der Waals surface area contributed by atoms with Crippen LogP contribution in [0.5, 0.6) is 11.5 Å². The average Bonchev–Trinajstić information content (AvgIpc) is 3.61. The second-order valence-corrected chi connectivity index (χ2v) is 10.7. The largest absolute Gasteiger partial charge is 0.492 e. The number of rotatable bonds is 6. The molecule has 2 atom stereocenters. The molecule has 37 heavy (non-hydrogen) atoms. The van der Waals surface area contributed by atoms with E-state index < -0.39 is 12.1 Å². The van der Waals surface area contributed by atoms with Gasteiger partial charge in [0.2, 0.25) is 0 Å². The van der Waals surface area contributed by atoms with Gasteiger partial charge in [0.05, 0.1) is 13.0 Å². The van der Waals surface area contributed by atoms with E-state index in [1.54, 1.807) is 23.5 Å². The Hall–Kier alpha value is -3.71. The Balaban J connectivity index is 1.31. The molecule has 0 spiro atoms. The summed E-state index contributed by atoms with van der Waals surface area (Å²) < 4.78 is 27.2. The molecule has 3 aromatic carbocycles. The van der Waals surface area contributed by atoms with Gasteiger partial charge in [-0.1, -0.05) is 12.1 Å². The van der Waals surface area contributed by atoms with Crippen molar-refractivity contribution in [2.45, 2.75) is 45.1 Å². The molecule has 5 nitrogen and oxygen atoms in total. The van der Waals surface area contributed by atoms with Gasteiger partial charge in [-0.2, -0.15) is 0 Å². The van der Waals surface area contributed by atoms with Crippen molar-refractivity contribution in [3.63, 3.8) is 0 Å². The Bertz CT molecular complexity index is 1490. The minimum absolute atomic E-state index is 0.0286. The number of halogens is 1. The molecule has 0 radical (unpaired) electrons. The van der Waals surface area contributed by atoms with Crippen LogP contribution in [-0.2, 0) is 11.2 Å². The van der Waals surface area contributed by atoms with Crippen molar-refractivity contribution in [2.75, 3.05) is 6.61 Å². The molecule has 0 saturated heterocycles. The maximum absolute atomic E-state index is 15.2. The van der Waals surface area contributed by atoms with E-state index in [4.69, 9.17) is 14.6 Å². The van der Waals surface area contributed by atoms with E-state index in [1.165, 1.54) is 0 Å². The molecule has 1 aliphatic heterocycles. The lowest BCUT2D eigenvalue weighted by atomic mass is 9.89. The van der Waals surface area contributed by atoms with Crippen LogP contribution in [0.3, 0.4) is 0 Å². The monoisotopic (exact) mass is 515 g/mol. The van der Waals surface area contributed by atoms with Crippen molar-refractivity contribution in [3.8, 4) is 33.2 Å². The number of nitrogens with zero attached hydrogens (tertiary/aromatic N) is 1. The topological polar surface area (TPSA) is 68.7 Å². The number of carboxylic acid groups (broad SMARTS) is 1. The lowest BCUT2D eigenvalue weighted by Gasteiger charge is -2.19. The summed E-state index contributed by atoms with van der Waals surface area (Å²) in [4.78, 5) is 15.6. The predicted molar refractivity (Wildman–Crippen MR) is 141 cm³/mol. The fraction of sp³-hybridized carbons (Fsp3) is 0.267. The van der Waals surface area contributed by atoms with E-state index in [9.17, 15) is 4.79 Å². The van der Waals surface area contributed by atoms with Gasteiger partial charge in [0.1, 0.15) is 28.4 Å². The van der Waals surface area contributed by atoms with Gasteiger partial charge in [0, 0.05) is 40.3 Å². The summed E-state index contributed by atoms with van der Waals surface area (Å²) in [5.74, 6) is -0.0312. The smallest absolute Gasteiger partial charge is 0.304 e. The van der Waals surface area contributed by atoms with E-state index in [1.807, 2.05) is 29.8 Å². The average molecular weight is 516 g/mol. The van der Waals surface area contributed by atoms with Crippen molar-refractivity contribution < 1.29 is 23.8 Å². The number of thiazole rings is 1. The summed E-state index contributed by atoms with van der Waals surface area (Å²) in [5.41, 5.74) is 8.04. The molecule has 1 aliphatic carbocycles. The third-order valence-corrected chi connectivity index (χ3v) is 8.15. The van der Waals surface area contributed by atoms with Gasteiger partial charge in [0.25, 0.3) is 0 Å². The number of aryl methyl sites for hydroxylation is 2. The van der Waals surface area contributed by atoms with Crippen molar-refractivity contribution in [1.82, 2.24) is 4.98 Å². The van der Waals surface area contributed by atoms with Crippen LogP contribution >= 0.6 is 11.3 Å². The number of fused-ring (bicyclic) bond motifs is 2. The van der Waals surface area contributed by atoms with Gasteiger partial charge in [-0.15, -0.1) is 11.3 Å². The Kier molecular flexibility index (Phi) is 5.95. The lowest BCUT2D eigenvalue weighted by Crippen LogP contribution is -2.07. The molecule has 1 N–H and O–H groups in total. The van der Waals surface area contributed by atoms with Crippen molar-refractivity contribution in [3.05, 3.63) is 87.7 Å². The Morgan fingerprint density at radius 2 is 2.00 bits per heavy atom. The summed E-state index contributed by atoms with van der Waals surface area (Å²) in [7, 11) is 0. The van der Waals surface area contributed by atoms with Gasteiger partial charge in [0.15, 0.2) is 0 Å². The molecule has 0 bridgehead atoms. The Morgan fingerprint density at radius 3 is 2.73 bits per heavy atom. The first-order valence-electron chi connectivity index (χ1n) is 12.4. The van der Waals surface area contributed by atoms with E-state index in [0.717, 1.165) is 50.4 Å². The zero-order valence-corrected chi connectivity index (χ0v) is 21.4. The third kappa shape index (κ3) is 4.27. The highest BCUT2D eigenvalue weighted by Gasteiger charge is 2.32. The fourth-order valence-electron chi connectivity index (χ4n) is 5.78. The van der Waals surface area contributed by atoms with Gasteiger partial charge >= 0.3 is 5.97 Å². The molecular formula is C30H26FNO4S. The normalized spacial score (nSPS) is 17.8. The van der Waals surface area contributed by atoms with Gasteiger partial charge in [-0.05, 0) is 78.8 Å². The van der Waals surface area contributed by atoms with Crippen LogP contribution in [0, 0.1) is 19.7 Å². The SMILES string of the molecule is Cc1cc(-c2nccs2)cc(C)c1-c1ccc(F)c2c1CCC2Oc1ccc2c(c1)OCC2CC(=O)O. The van der Waals surface area contributed by atoms with Gasteiger partial charge in [-0.3, -0.25) is 4.79 Å². The molecule has 188 valence electrons. The molecule has 0 fully saturated rings. The van der Waals surface area contributed by atoms with Crippen LogP contribution < -0.4 is 9.47 Å². The van der Waals surface area contributed by atoms with Crippen molar-refractivity contribution in [2.24, 2.45) is 0 Å². The van der Waals surface area contributed by atoms with Crippen LogP contribution in [-0.4, -0.2) is 22.7 Å². The standard InChI is InChI=1S/C30H26FNO4S/c1-16-11-18(30-32-9-10-37-30)12-17(2)28(16)22-5-7-24(31)29-23(22)6-8-25(29)36-20-3-4-21-19(13-27(33)34)15-35-26(21)14-20/h3-5,7,9-12,14,19,25H,6,8,13,15H2,1-2H3,(H,33,34). The first-order chi connectivity index (χ1) is 17.9. The summed E-state index contributed by atoms with van der Waals surface area (Å²) in [6.45, 7) is 4.54. The fourth-order valence-corrected chi connectivity index (χ4v) is 6.40. The van der Waals surface area contributed by atoms with Crippen LogP contribution in [0.2, 0.25) is 0 Å². The number of hydrogen-bond acceptors (Lipinski definition) is 5. The first kappa shape index (κ1) is 23.7. The van der Waals surface area contributed by atoms with Crippen LogP contribution in [0.15, 0.2) is 54.0 Å². The van der Waals surface area contributed by atoms with E-state index in [2.05, 4.69) is 31.0 Å². The molecule has 7 heteroatoms. The molecule has 1 aromatic heterocycles. The highest BCUT2D eigenvalue weighted by Crippen LogP contribution is 2.45. The number of carboxylic acids is 1. The Morgan fingerprint density at radius 1 is 1.19 bits per heavy atom. The molecule has 0 saturated carbocycles. The second-order valence-electron chi connectivity index (χ2n) is 9.76. The van der Waals surface area contributed by atoms with Crippen LogP contribution in [0.25, 0.3) is 21.7 Å². The zero-order valence-electron chi connectivity index (χ0n) is 20.6. The van der Waals surface area contributed by atoms with Gasteiger partial charge < -0.3 is 14.6 Å². The summed E-state index contributed by atoms with van der Waals surface area (Å²) >= 11 is 1.62. The molecule has 0 amide bonds. The molecule has 2 aliphatic rings. The number of ether oxygens (including phenoxy) is 2. The third-order valence-electron chi connectivity index (χ3n) is 7.33. The molecular weight excluding hydrogens is 489 g/mol. The van der Waals surface area contributed by atoms with Crippen molar-refractivity contribution >= 4 is 17.3 Å². The molecule has 4 aromatic rings. The highest BCUT2D eigenvalue weighted by molar-refractivity contribution is 7.13. The number of aliphatic carboxylic acids is 1. The maximum Gasteiger partial charge on any atom is 0.304 e. The number of benzene rings is 3. The first-order valence-corrected chi connectivity index (χ1v) is 13.2. The van der Waals surface area contributed by atoms with E-state index in [0.29, 0.717) is 30.1 Å². The number of aromatic nitrogens is 1. The Labute approximate surface area is 218 Å². The number of hydrogen-bond donors (Lipinski definition) is 1. The highest BCUT2D eigenvalue weighted by atomic mass is 32.1. The predicted octanol–water partition coefficient (Wildman–Crippen LogP) is 7.25. The quantitative estimate of drug-likeness (QED) is 0.293. The maximum atomic E-state index is 15.2. The summed E-state index contributed by atoms with van der Waals surface area (Å²) in [6.07, 6.45) is 2.84. The zero-order chi connectivity index (χ0) is 25.7. The number of carbonyl (C=O) groups is 1. The van der Waals surface area contributed by atoms with Crippen LogP contribution in [0.4, 0.5) is 4.39 Å². The van der Waals surface area contributed by atoms with Gasteiger partial charge in [-0.25, -0.2) is 9.37 Å². The molecule has 2 unspecified atom stereocenters.